The molecule has 0 saturated carbocycles. The van der Waals surface area contributed by atoms with Crippen molar-refractivity contribution in [1.82, 2.24) is 0 Å². The summed E-state index contributed by atoms with van der Waals surface area (Å²) in [4.78, 5) is 0. The fraction of sp³-hybridized carbons (Fsp3) is 0.417. The second kappa shape index (κ2) is 27.6. The molecule has 0 unspecified atom stereocenters. The highest BCUT2D eigenvalue weighted by Gasteiger charge is 2.48. The topological polar surface area (TPSA) is 0 Å². The average molecular weight is 1360 g/mol. The summed E-state index contributed by atoms with van der Waals surface area (Å²) in [7, 11) is 0. The first-order valence-electron chi connectivity index (χ1n) is 41.1. The van der Waals surface area contributed by atoms with Crippen molar-refractivity contribution >= 4 is 0 Å². The summed E-state index contributed by atoms with van der Waals surface area (Å²) in [5.74, 6) is 3.80. The van der Waals surface area contributed by atoms with Gasteiger partial charge in [0.15, 0.2) is 0 Å². The lowest BCUT2D eigenvalue weighted by atomic mass is 9.69. The van der Waals surface area contributed by atoms with Crippen LogP contribution in [-0.4, -0.2) is 0 Å². The van der Waals surface area contributed by atoms with Gasteiger partial charge in [-0.1, -0.05) is 256 Å². The molecule has 0 amide bonds. The second-order valence-corrected chi connectivity index (χ2v) is 35.6. The Morgan fingerprint density at radius 3 is 0.515 bits per heavy atom. The SMILES string of the molecule is CCC1(CC)c2cc(-c3ccc4c(c3)C(CCC(C)C)(CCC(C)C)c3ccccc3-4)ccc2-c2ccc(-c3ccc4c(c3)C(CCC(C)C)(CCC(C)C)c3cc(-c5ccc6c(c5)C(CC)(CC)c5cc(-c7ccc8c(c7)C(CCC(C)C)(CCC(C)C)c7ccccc7-8)ccc5-6)ccc3-4)cc21. The average Bonchev–Trinajstić information content (AvgIpc) is 1.57. The minimum Gasteiger partial charge on any atom is -0.0642 e. The molecular weight excluding hydrogens is 1240 g/mol. The van der Waals surface area contributed by atoms with Gasteiger partial charge in [0.25, 0.3) is 0 Å². The first-order chi connectivity index (χ1) is 49.7. The Bertz CT molecular complexity index is 4510. The van der Waals surface area contributed by atoms with Crippen LogP contribution < -0.4 is 0 Å². The van der Waals surface area contributed by atoms with E-state index in [4.69, 9.17) is 0 Å². The molecule has 15 rings (SSSR count). The van der Waals surface area contributed by atoms with Crippen molar-refractivity contribution in [3.8, 4) is 100 Å². The fourth-order valence-electron chi connectivity index (χ4n) is 21.1. The molecule has 0 aromatic heterocycles. The summed E-state index contributed by atoms with van der Waals surface area (Å²) < 4.78 is 0. The number of hydrogen-bond donors (Lipinski definition) is 0. The summed E-state index contributed by atoms with van der Waals surface area (Å²) in [5, 5.41) is 0. The first kappa shape index (κ1) is 70.8. The molecule has 0 fully saturated rings. The lowest BCUT2D eigenvalue weighted by molar-refractivity contribution is 0.364. The molecule has 0 bridgehead atoms. The van der Waals surface area contributed by atoms with E-state index in [1.54, 1.807) is 33.4 Å². The summed E-state index contributed by atoms with van der Waals surface area (Å²) in [6, 6.07) is 79.6. The fourth-order valence-corrected chi connectivity index (χ4v) is 21.1. The van der Waals surface area contributed by atoms with Crippen molar-refractivity contribution in [2.75, 3.05) is 0 Å². The molecule has 5 aliphatic carbocycles. The van der Waals surface area contributed by atoms with Gasteiger partial charge in [0.05, 0.1) is 0 Å². The van der Waals surface area contributed by atoms with E-state index in [9.17, 15) is 0 Å². The van der Waals surface area contributed by atoms with E-state index in [1.807, 2.05) is 0 Å². The smallest absolute Gasteiger partial charge is 0.0215 e. The van der Waals surface area contributed by atoms with E-state index in [1.165, 1.54) is 187 Å². The third kappa shape index (κ3) is 11.6. The highest BCUT2D eigenvalue weighted by molar-refractivity contribution is 5.93. The minimum atomic E-state index is -0.114. The monoisotopic (exact) mass is 1350 g/mol. The maximum Gasteiger partial charge on any atom is 0.0215 e. The molecule has 0 nitrogen and oxygen atoms in total. The zero-order valence-corrected chi connectivity index (χ0v) is 65.8. The van der Waals surface area contributed by atoms with E-state index in [0.717, 1.165) is 38.5 Å². The molecule has 0 N–H and O–H groups in total. The molecule has 0 heteroatoms. The molecule has 0 aliphatic heterocycles. The van der Waals surface area contributed by atoms with Crippen molar-refractivity contribution in [3.63, 3.8) is 0 Å². The van der Waals surface area contributed by atoms with Crippen molar-refractivity contribution < 1.29 is 0 Å². The molecule has 10 aromatic carbocycles. The van der Waals surface area contributed by atoms with Gasteiger partial charge >= 0.3 is 0 Å². The van der Waals surface area contributed by atoms with Gasteiger partial charge in [0.1, 0.15) is 0 Å². The van der Waals surface area contributed by atoms with Crippen molar-refractivity contribution in [2.45, 2.75) is 241 Å². The van der Waals surface area contributed by atoms with Gasteiger partial charge in [0.2, 0.25) is 0 Å². The summed E-state index contributed by atoms with van der Waals surface area (Å²) in [5.41, 5.74) is 40.1. The molecule has 10 aromatic rings. The Kier molecular flexibility index (Phi) is 19.0. The van der Waals surface area contributed by atoms with E-state index < -0.39 is 0 Å². The van der Waals surface area contributed by atoms with E-state index in [0.29, 0.717) is 35.5 Å². The Hall–Kier alpha value is -7.80. The van der Waals surface area contributed by atoms with Gasteiger partial charge in [-0.25, -0.2) is 0 Å². The number of hydrogen-bond acceptors (Lipinski definition) is 0. The van der Waals surface area contributed by atoms with Crippen LogP contribution in [0, 0.1) is 35.5 Å². The van der Waals surface area contributed by atoms with Gasteiger partial charge in [-0.2, -0.15) is 0 Å². The molecule has 0 radical (unpaired) electrons. The van der Waals surface area contributed by atoms with Crippen LogP contribution in [0.1, 0.15) is 269 Å². The molecule has 530 valence electrons. The molecule has 0 heterocycles. The normalized spacial score (nSPS) is 15.9. The van der Waals surface area contributed by atoms with E-state index >= 15 is 0 Å². The van der Waals surface area contributed by atoms with Gasteiger partial charge in [0, 0.05) is 27.1 Å². The highest BCUT2D eigenvalue weighted by atomic mass is 14.5. The largest absolute Gasteiger partial charge is 0.0642 e. The Labute approximate surface area is 622 Å². The van der Waals surface area contributed by atoms with Crippen LogP contribution in [0.3, 0.4) is 0 Å². The molecular formula is C103H118. The Morgan fingerprint density at radius 2 is 0.340 bits per heavy atom. The van der Waals surface area contributed by atoms with Crippen LogP contribution in [0.25, 0.3) is 100 Å². The van der Waals surface area contributed by atoms with E-state index in [-0.39, 0.29) is 27.1 Å². The molecule has 0 saturated heterocycles. The number of rotatable bonds is 26. The maximum absolute atomic E-state index is 2.68. The molecule has 0 spiro atoms. The quantitative estimate of drug-likeness (QED) is 0.0507. The zero-order valence-electron chi connectivity index (χ0n) is 65.8. The van der Waals surface area contributed by atoms with Gasteiger partial charge < -0.3 is 0 Å². The predicted octanol–water partition coefficient (Wildman–Crippen LogP) is 29.9. The number of fused-ring (bicyclic) bond motifs is 15. The third-order valence-electron chi connectivity index (χ3n) is 27.3. The second-order valence-electron chi connectivity index (χ2n) is 35.6. The molecule has 5 aliphatic rings. The highest BCUT2D eigenvalue weighted by Crippen LogP contribution is 2.62. The van der Waals surface area contributed by atoms with Crippen molar-refractivity contribution in [3.05, 3.63) is 250 Å². The van der Waals surface area contributed by atoms with Crippen LogP contribution >= 0.6 is 0 Å². The summed E-state index contributed by atoms with van der Waals surface area (Å²) in [6.45, 7) is 38.8. The van der Waals surface area contributed by atoms with Gasteiger partial charge in [-0.3, -0.25) is 0 Å². The minimum absolute atomic E-state index is 0.0253. The van der Waals surface area contributed by atoms with Crippen LogP contribution in [0.4, 0.5) is 0 Å². The predicted molar refractivity (Wildman–Crippen MR) is 445 cm³/mol. The van der Waals surface area contributed by atoms with Crippen molar-refractivity contribution in [1.29, 1.82) is 0 Å². The van der Waals surface area contributed by atoms with Crippen LogP contribution in [0.2, 0.25) is 0 Å². The van der Waals surface area contributed by atoms with Crippen LogP contribution in [0.15, 0.2) is 194 Å². The molecule has 103 heavy (non-hydrogen) atoms. The van der Waals surface area contributed by atoms with Gasteiger partial charge in [-0.05, 0) is 343 Å². The standard InChI is InChI=1S/C103H118/c1-17-99(18-2)91-57-71(75-29-37-81-79-25-21-23-27-89(79)101(95(81)61-75,51-45-65(5)6)52-46-66(7)8)31-39-83(91)85-41-33-73(59-93(85)99)77-35-43-87-88-44-36-78(64-98(88)103(97(87)63-77,55-49-69(13)14)56-50-70(15)16)74-34-42-86-84-40-32-72(58-92(84)100(19-3,20-4)94(86)60-74)76-30-38-82-80-26-22-24-28-90(80)102(96(82)62-76,53-47-67(9)10)54-48-68(11)12/h21-44,57-70H,17-20,45-56H2,1-16H3. The Morgan fingerprint density at radius 1 is 0.184 bits per heavy atom. The van der Waals surface area contributed by atoms with E-state index in [2.05, 4.69) is 305 Å². The maximum atomic E-state index is 2.68. The third-order valence-corrected chi connectivity index (χ3v) is 27.3. The van der Waals surface area contributed by atoms with Gasteiger partial charge in [-0.15, -0.1) is 0 Å². The first-order valence-corrected chi connectivity index (χ1v) is 41.1. The lowest BCUT2D eigenvalue weighted by Crippen LogP contribution is -2.27. The number of benzene rings is 10. The van der Waals surface area contributed by atoms with Crippen LogP contribution in [-0.2, 0) is 27.1 Å². The van der Waals surface area contributed by atoms with Crippen LogP contribution in [0.5, 0.6) is 0 Å². The Balaban J connectivity index is 0.771. The summed E-state index contributed by atoms with van der Waals surface area (Å²) >= 11 is 0. The zero-order chi connectivity index (χ0) is 72.1. The summed E-state index contributed by atoms with van der Waals surface area (Å²) in [6.07, 6.45) is 18.5. The lowest BCUT2D eigenvalue weighted by Gasteiger charge is -2.34. The molecule has 0 atom stereocenters. The van der Waals surface area contributed by atoms with Crippen molar-refractivity contribution in [2.24, 2.45) is 35.5 Å².